The summed E-state index contributed by atoms with van der Waals surface area (Å²) >= 11 is 3.42. The van der Waals surface area contributed by atoms with Gasteiger partial charge in [0.15, 0.2) is 0 Å². The first-order valence-corrected chi connectivity index (χ1v) is 8.97. The Morgan fingerprint density at radius 3 is 2.65 bits per heavy atom. The minimum absolute atomic E-state index is 0.949. The van der Waals surface area contributed by atoms with Gasteiger partial charge in [-0.05, 0) is 35.7 Å². The Hall–Kier alpha value is -2.50. The van der Waals surface area contributed by atoms with Crippen molar-refractivity contribution >= 4 is 38.5 Å². The third-order valence-corrected chi connectivity index (χ3v) is 5.70. The molecule has 1 aromatic carbocycles. The Kier molecular flexibility index (Phi) is 2.83. The van der Waals surface area contributed by atoms with Crippen molar-refractivity contribution in [2.45, 2.75) is 0 Å². The van der Waals surface area contributed by atoms with Crippen molar-refractivity contribution < 1.29 is 0 Å². The molecule has 0 bridgehead atoms. The number of hydrogen-bond donors (Lipinski definition) is 0. The summed E-state index contributed by atoms with van der Waals surface area (Å²) in [7, 11) is 0. The number of aromatic nitrogens is 3. The van der Waals surface area contributed by atoms with E-state index in [4.69, 9.17) is 9.97 Å². The fourth-order valence-corrected chi connectivity index (χ4v) is 4.48. The summed E-state index contributed by atoms with van der Waals surface area (Å²) in [5.41, 5.74) is 4.06. The lowest BCUT2D eigenvalue weighted by Crippen LogP contribution is -1.87. The maximum atomic E-state index is 4.84. The molecule has 23 heavy (non-hydrogen) atoms. The third-order valence-electron chi connectivity index (χ3n) is 3.78. The summed E-state index contributed by atoms with van der Waals surface area (Å²) < 4.78 is 3.33. The molecule has 4 heterocycles. The fraction of sp³-hybridized carbons (Fsp3) is 0. The van der Waals surface area contributed by atoms with E-state index in [0.717, 1.165) is 27.6 Å². The van der Waals surface area contributed by atoms with E-state index in [2.05, 4.69) is 46.3 Å². The van der Waals surface area contributed by atoms with Crippen molar-refractivity contribution in [1.82, 2.24) is 14.4 Å². The minimum atomic E-state index is 0.949. The fourth-order valence-electron chi connectivity index (χ4n) is 2.76. The van der Waals surface area contributed by atoms with Gasteiger partial charge in [-0.25, -0.2) is 9.97 Å². The van der Waals surface area contributed by atoms with Gasteiger partial charge in [-0.1, -0.05) is 24.3 Å². The number of imidazole rings is 1. The van der Waals surface area contributed by atoms with Crippen LogP contribution in [0.5, 0.6) is 0 Å². The lowest BCUT2D eigenvalue weighted by atomic mass is 10.3. The molecule has 0 atom stereocenters. The van der Waals surface area contributed by atoms with E-state index in [0.29, 0.717) is 0 Å². The molecule has 0 saturated heterocycles. The molecule has 0 unspecified atom stereocenters. The summed E-state index contributed by atoms with van der Waals surface area (Å²) in [5.74, 6) is 0. The minimum Gasteiger partial charge on any atom is -0.297 e. The Bertz CT molecular complexity index is 1090. The number of rotatable bonds is 2. The van der Waals surface area contributed by atoms with Crippen molar-refractivity contribution in [2.24, 2.45) is 0 Å². The molecule has 0 aliphatic carbocycles. The average Bonchev–Trinajstić information content (AvgIpc) is 3.31. The topological polar surface area (TPSA) is 30.2 Å². The van der Waals surface area contributed by atoms with Crippen LogP contribution in [0.2, 0.25) is 0 Å². The van der Waals surface area contributed by atoms with Gasteiger partial charge in [0.1, 0.15) is 22.0 Å². The number of hydrogen-bond acceptors (Lipinski definition) is 4. The molecule has 0 aliphatic heterocycles. The summed E-state index contributed by atoms with van der Waals surface area (Å²) in [5, 5.41) is 3.09. The highest BCUT2D eigenvalue weighted by molar-refractivity contribution is 7.21. The van der Waals surface area contributed by atoms with Crippen LogP contribution in [-0.2, 0) is 0 Å². The summed E-state index contributed by atoms with van der Waals surface area (Å²) in [6.07, 6.45) is 2.06. The molecule has 0 radical (unpaired) electrons. The van der Waals surface area contributed by atoms with Gasteiger partial charge < -0.3 is 0 Å². The smallest absolute Gasteiger partial charge is 0.143 e. The van der Waals surface area contributed by atoms with Crippen LogP contribution in [0.1, 0.15) is 0 Å². The molecule has 0 spiro atoms. The first kappa shape index (κ1) is 13.0. The van der Waals surface area contributed by atoms with Crippen LogP contribution in [0.25, 0.3) is 37.1 Å². The van der Waals surface area contributed by atoms with Crippen LogP contribution in [0.15, 0.2) is 66.2 Å². The lowest BCUT2D eigenvalue weighted by molar-refractivity contribution is 1.18. The molecule has 0 aliphatic rings. The van der Waals surface area contributed by atoms with Gasteiger partial charge in [0.2, 0.25) is 0 Å². The molecule has 0 amide bonds. The summed E-state index contributed by atoms with van der Waals surface area (Å²) in [6.45, 7) is 0. The van der Waals surface area contributed by atoms with Crippen LogP contribution in [0.3, 0.4) is 0 Å². The molecule has 5 heteroatoms. The van der Waals surface area contributed by atoms with Gasteiger partial charge in [-0.15, -0.1) is 22.7 Å². The average molecular weight is 333 g/mol. The maximum Gasteiger partial charge on any atom is 0.143 e. The quantitative estimate of drug-likeness (QED) is 0.436. The molecular weight excluding hydrogens is 322 g/mol. The van der Waals surface area contributed by atoms with Crippen molar-refractivity contribution in [3.05, 3.63) is 66.2 Å². The number of benzene rings is 1. The zero-order valence-corrected chi connectivity index (χ0v) is 13.6. The van der Waals surface area contributed by atoms with E-state index in [9.17, 15) is 0 Å². The van der Waals surface area contributed by atoms with E-state index >= 15 is 0 Å². The van der Waals surface area contributed by atoms with Crippen LogP contribution < -0.4 is 0 Å². The second-order valence-electron chi connectivity index (χ2n) is 5.20. The lowest BCUT2D eigenvalue weighted by Gasteiger charge is -1.99. The summed E-state index contributed by atoms with van der Waals surface area (Å²) in [4.78, 5) is 10.8. The van der Waals surface area contributed by atoms with E-state index in [1.807, 2.05) is 24.3 Å². The Morgan fingerprint density at radius 1 is 0.870 bits per heavy atom. The second-order valence-corrected chi connectivity index (χ2v) is 7.18. The standard InChI is InChI=1S/C18H11N3S2/c1-2-7-13-12(6-1)19-18(23-13)17-16(14-8-5-11-22-14)20-15-9-3-4-10-21(15)17/h1-11H. The van der Waals surface area contributed by atoms with Gasteiger partial charge in [0.05, 0.1) is 15.1 Å². The first-order chi connectivity index (χ1) is 11.4. The predicted molar refractivity (Wildman–Crippen MR) is 97.1 cm³/mol. The van der Waals surface area contributed by atoms with Crippen molar-refractivity contribution in [3.63, 3.8) is 0 Å². The van der Waals surface area contributed by atoms with Gasteiger partial charge in [-0.2, -0.15) is 0 Å². The first-order valence-electron chi connectivity index (χ1n) is 7.27. The molecule has 110 valence electrons. The highest BCUT2D eigenvalue weighted by Gasteiger charge is 2.19. The monoisotopic (exact) mass is 333 g/mol. The molecule has 5 rings (SSSR count). The Labute approximate surface area is 140 Å². The number of fused-ring (bicyclic) bond motifs is 2. The van der Waals surface area contributed by atoms with Crippen LogP contribution in [-0.4, -0.2) is 14.4 Å². The van der Waals surface area contributed by atoms with Crippen molar-refractivity contribution in [1.29, 1.82) is 0 Å². The highest BCUT2D eigenvalue weighted by atomic mass is 32.1. The van der Waals surface area contributed by atoms with E-state index in [1.165, 1.54) is 9.58 Å². The largest absolute Gasteiger partial charge is 0.297 e. The van der Waals surface area contributed by atoms with Crippen LogP contribution in [0.4, 0.5) is 0 Å². The highest BCUT2D eigenvalue weighted by Crippen LogP contribution is 2.38. The van der Waals surface area contributed by atoms with Gasteiger partial charge in [0, 0.05) is 6.20 Å². The zero-order chi connectivity index (χ0) is 15.2. The van der Waals surface area contributed by atoms with E-state index in [-0.39, 0.29) is 0 Å². The van der Waals surface area contributed by atoms with E-state index < -0.39 is 0 Å². The summed E-state index contributed by atoms with van der Waals surface area (Å²) in [6, 6.07) is 18.5. The van der Waals surface area contributed by atoms with Crippen LogP contribution >= 0.6 is 22.7 Å². The van der Waals surface area contributed by atoms with Crippen molar-refractivity contribution in [3.8, 4) is 21.3 Å². The second kappa shape index (κ2) is 5.01. The maximum absolute atomic E-state index is 4.84. The van der Waals surface area contributed by atoms with Crippen LogP contribution in [0, 0.1) is 0 Å². The van der Waals surface area contributed by atoms with Crippen molar-refractivity contribution in [2.75, 3.05) is 0 Å². The number of nitrogens with zero attached hydrogens (tertiary/aromatic N) is 3. The molecule has 0 saturated carbocycles. The molecule has 3 nitrogen and oxygen atoms in total. The third kappa shape index (κ3) is 2.01. The van der Waals surface area contributed by atoms with E-state index in [1.54, 1.807) is 22.7 Å². The molecule has 4 aromatic heterocycles. The Balaban J connectivity index is 1.87. The Morgan fingerprint density at radius 2 is 1.78 bits per heavy atom. The SMILES string of the molecule is c1csc(-c2nc3ccccn3c2-c2nc3ccccc3s2)c1. The molecular formula is C18H11N3S2. The molecule has 0 fully saturated rings. The molecule has 5 aromatic rings. The number of pyridine rings is 1. The number of thiophene rings is 1. The zero-order valence-electron chi connectivity index (χ0n) is 12.0. The number of thiazole rings is 1. The van der Waals surface area contributed by atoms with Gasteiger partial charge >= 0.3 is 0 Å². The number of para-hydroxylation sites is 1. The molecule has 0 N–H and O–H groups in total. The normalized spacial score (nSPS) is 11.5. The van der Waals surface area contributed by atoms with Gasteiger partial charge in [0.25, 0.3) is 0 Å². The van der Waals surface area contributed by atoms with Gasteiger partial charge in [-0.3, -0.25) is 4.40 Å². The predicted octanol–water partition coefficient (Wildman–Crippen LogP) is 5.34.